The normalized spacial score (nSPS) is 26.8. The first-order valence-electron chi connectivity index (χ1n) is 15.0. The molecule has 3 aliphatic heterocycles. The second kappa shape index (κ2) is 12.9. The SMILES string of the molecule is C[C@H]1NC(=O)[C@H](CCc2ccccc2)NC(=O)CCC[C@H]2[C@@H]3C[C@@H](CN(C(=O)c4cccc(S(C)(=O)=O)c4)C3)CN2C1=O. The molecule has 2 aromatic rings. The lowest BCUT2D eigenvalue weighted by Crippen LogP contribution is -2.63. The Hall–Kier alpha value is -3.73. The van der Waals surface area contributed by atoms with Crippen LogP contribution in [0, 0.1) is 11.8 Å². The summed E-state index contributed by atoms with van der Waals surface area (Å²) in [6.07, 6.45) is 4.41. The molecule has 11 heteroatoms. The maximum atomic E-state index is 13.8. The van der Waals surface area contributed by atoms with E-state index < -0.39 is 21.9 Å². The molecule has 10 nitrogen and oxygen atoms in total. The molecule has 5 atom stereocenters. The number of amides is 4. The smallest absolute Gasteiger partial charge is 0.253 e. The molecule has 0 saturated carbocycles. The van der Waals surface area contributed by atoms with Crippen LogP contribution in [0.1, 0.15) is 54.9 Å². The molecule has 43 heavy (non-hydrogen) atoms. The average molecular weight is 609 g/mol. The molecule has 0 aliphatic carbocycles. The van der Waals surface area contributed by atoms with E-state index in [4.69, 9.17) is 0 Å². The fourth-order valence-electron chi connectivity index (χ4n) is 6.77. The molecular formula is C32H40N4O6S. The van der Waals surface area contributed by atoms with Crippen LogP contribution in [0.5, 0.6) is 0 Å². The Morgan fingerprint density at radius 2 is 1.74 bits per heavy atom. The number of aryl methyl sites for hydroxylation is 1. The fourth-order valence-corrected chi connectivity index (χ4v) is 7.43. The second-order valence-corrected chi connectivity index (χ2v) is 14.2. The van der Waals surface area contributed by atoms with Crippen LogP contribution >= 0.6 is 0 Å². The van der Waals surface area contributed by atoms with Gasteiger partial charge in [-0.05, 0) is 74.6 Å². The van der Waals surface area contributed by atoms with Crippen LogP contribution in [-0.2, 0) is 30.6 Å². The van der Waals surface area contributed by atoms with Gasteiger partial charge in [0.25, 0.3) is 5.91 Å². The van der Waals surface area contributed by atoms with Crippen LogP contribution in [0.4, 0.5) is 0 Å². The summed E-state index contributed by atoms with van der Waals surface area (Å²) in [5, 5.41) is 5.75. The van der Waals surface area contributed by atoms with E-state index in [1.165, 1.54) is 12.1 Å². The van der Waals surface area contributed by atoms with Gasteiger partial charge in [0.2, 0.25) is 17.7 Å². The van der Waals surface area contributed by atoms with E-state index in [9.17, 15) is 27.6 Å². The number of sulfone groups is 1. The maximum absolute atomic E-state index is 13.8. The van der Waals surface area contributed by atoms with E-state index in [-0.39, 0.29) is 52.8 Å². The number of nitrogens with zero attached hydrogens (tertiary/aromatic N) is 2. The zero-order valence-electron chi connectivity index (χ0n) is 24.7. The zero-order valence-corrected chi connectivity index (χ0v) is 25.5. The zero-order chi connectivity index (χ0) is 30.7. The average Bonchev–Trinajstić information content (AvgIpc) is 2.98. The van der Waals surface area contributed by atoms with Crippen LogP contribution in [0.2, 0.25) is 0 Å². The summed E-state index contributed by atoms with van der Waals surface area (Å²) < 4.78 is 24.1. The molecule has 230 valence electrons. The highest BCUT2D eigenvalue weighted by Crippen LogP contribution is 2.36. The van der Waals surface area contributed by atoms with Gasteiger partial charge in [0, 0.05) is 43.9 Å². The largest absolute Gasteiger partial charge is 0.344 e. The van der Waals surface area contributed by atoms with Gasteiger partial charge in [-0.1, -0.05) is 36.4 Å². The van der Waals surface area contributed by atoms with Gasteiger partial charge in [-0.2, -0.15) is 0 Å². The topological polar surface area (TPSA) is 133 Å². The standard InChI is InChI=1S/C32H40N4O6S/c1-21-31(39)36-19-23-16-25(20-35(18-23)32(40)24-10-6-11-26(17-24)43(2,41)42)28(36)12-7-13-29(37)34-27(30(38)33-21)15-14-22-8-4-3-5-9-22/h3-6,8-11,17,21,23,25,27-28H,7,12-16,18-20H2,1-2H3,(H,33,38)(H,34,37)/t21-,23+,25-,27+,28+/m1/s1. The van der Waals surface area contributed by atoms with E-state index >= 15 is 0 Å². The quantitative estimate of drug-likeness (QED) is 0.535. The molecule has 3 heterocycles. The maximum Gasteiger partial charge on any atom is 0.253 e. The van der Waals surface area contributed by atoms with Gasteiger partial charge < -0.3 is 20.4 Å². The van der Waals surface area contributed by atoms with Crippen LogP contribution in [0.25, 0.3) is 0 Å². The predicted molar refractivity (Wildman–Crippen MR) is 161 cm³/mol. The second-order valence-electron chi connectivity index (χ2n) is 12.2. The van der Waals surface area contributed by atoms with Crippen LogP contribution in [-0.4, -0.2) is 85.9 Å². The summed E-state index contributed by atoms with van der Waals surface area (Å²) in [5.41, 5.74) is 1.39. The van der Waals surface area contributed by atoms with Gasteiger partial charge >= 0.3 is 0 Å². The van der Waals surface area contributed by atoms with Crippen molar-refractivity contribution >= 4 is 33.5 Å². The van der Waals surface area contributed by atoms with Crippen molar-refractivity contribution in [3.05, 3.63) is 65.7 Å². The lowest BCUT2D eigenvalue weighted by atomic mass is 9.77. The number of benzene rings is 2. The minimum Gasteiger partial charge on any atom is -0.344 e. The lowest BCUT2D eigenvalue weighted by molar-refractivity contribution is -0.145. The van der Waals surface area contributed by atoms with Crippen molar-refractivity contribution in [2.24, 2.45) is 11.8 Å². The van der Waals surface area contributed by atoms with Crippen molar-refractivity contribution in [1.29, 1.82) is 0 Å². The van der Waals surface area contributed by atoms with Crippen molar-refractivity contribution in [3.63, 3.8) is 0 Å². The van der Waals surface area contributed by atoms with E-state index in [0.717, 1.165) is 18.2 Å². The summed E-state index contributed by atoms with van der Waals surface area (Å²) in [6.45, 7) is 3.03. The van der Waals surface area contributed by atoms with Gasteiger partial charge in [0.05, 0.1) is 4.90 Å². The van der Waals surface area contributed by atoms with E-state index in [2.05, 4.69) is 10.6 Å². The number of hydrogen-bond acceptors (Lipinski definition) is 6. The van der Waals surface area contributed by atoms with Crippen molar-refractivity contribution in [1.82, 2.24) is 20.4 Å². The predicted octanol–water partition coefficient (Wildman–Crippen LogP) is 2.19. The third kappa shape index (κ3) is 7.26. The summed E-state index contributed by atoms with van der Waals surface area (Å²) >= 11 is 0. The van der Waals surface area contributed by atoms with Gasteiger partial charge in [-0.15, -0.1) is 0 Å². The number of piperidine rings is 2. The molecule has 5 rings (SSSR count). The molecule has 3 saturated heterocycles. The molecule has 3 aliphatic rings. The number of fused-ring (bicyclic) bond motifs is 4. The Morgan fingerprint density at radius 3 is 2.49 bits per heavy atom. The monoisotopic (exact) mass is 608 g/mol. The molecule has 0 aromatic heterocycles. The van der Waals surface area contributed by atoms with Gasteiger partial charge in [-0.25, -0.2) is 8.42 Å². The first-order valence-corrected chi connectivity index (χ1v) is 16.9. The van der Waals surface area contributed by atoms with Crippen LogP contribution < -0.4 is 10.6 Å². The Morgan fingerprint density at radius 1 is 0.977 bits per heavy atom. The number of nitrogens with one attached hydrogen (secondary N) is 2. The third-order valence-corrected chi connectivity index (χ3v) is 10.0. The lowest BCUT2D eigenvalue weighted by Gasteiger charge is -2.51. The number of hydrogen-bond donors (Lipinski definition) is 2. The molecule has 2 N–H and O–H groups in total. The molecule has 2 aromatic carbocycles. The highest BCUT2D eigenvalue weighted by Gasteiger charge is 2.45. The Balaban J connectivity index is 1.30. The molecule has 2 bridgehead atoms. The Labute approximate surface area is 253 Å². The summed E-state index contributed by atoms with van der Waals surface area (Å²) in [7, 11) is -3.46. The molecular weight excluding hydrogens is 568 g/mol. The summed E-state index contributed by atoms with van der Waals surface area (Å²) in [6, 6.07) is 14.2. The van der Waals surface area contributed by atoms with Crippen molar-refractivity contribution < 1.29 is 27.6 Å². The summed E-state index contributed by atoms with van der Waals surface area (Å²) in [5.74, 6) is -0.881. The number of carbonyl (C=O) groups excluding carboxylic acids is 4. The minimum atomic E-state index is -3.46. The summed E-state index contributed by atoms with van der Waals surface area (Å²) in [4.78, 5) is 57.2. The van der Waals surface area contributed by atoms with Crippen molar-refractivity contribution in [3.8, 4) is 0 Å². The van der Waals surface area contributed by atoms with Crippen LogP contribution in [0.3, 0.4) is 0 Å². The highest BCUT2D eigenvalue weighted by atomic mass is 32.2. The van der Waals surface area contributed by atoms with Gasteiger partial charge in [-0.3, -0.25) is 19.2 Å². The van der Waals surface area contributed by atoms with Gasteiger partial charge in [0.15, 0.2) is 9.84 Å². The van der Waals surface area contributed by atoms with Crippen molar-refractivity contribution in [2.75, 3.05) is 25.9 Å². The molecule has 4 amide bonds. The number of rotatable bonds is 5. The number of carbonyl (C=O) groups is 4. The van der Waals surface area contributed by atoms with Gasteiger partial charge in [0.1, 0.15) is 12.1 Å². The van der Waals surface area contributed by atoms with Crippen LogP contribution in [0.15, 0.2) is 59.5 Å². The molecule has 0 radical (unpaired) electrons. The molecule has 0 spiro atoms. The molecule has 0 unspecified atom stereocenters. The first kappa shape index (κ1) is 30.7. The van der Waals surface area contributed by atoms with E-state index in [1.807, 2.05) is 35.2 Å². The first-order chi connectivity index (χ1) is 20.5. The minimum absolute atomic E-state index is 0.00557. The molecule has 3 fully saturated rings. The highest BCUT2D eigenvalue weighted by molar-refractivity contribution is 7.90. The van der Waals surface area contributed by atoms with E-state index in [0.29, 0.717) is 50.9 Å². The number of likely N-dealkylation sites (tertiary alicyclic amines) is 1. The fraction of sp³-hybridized carbons (Fsp3) is 0.500. The van der Waals surface area contributed by atoms with E-state index in [1.54, 1.807) is 24.0 Å². The third-order valence-electron chi connectivity index (χ3n) is 8.90. The van der Waals surface area contributed by atoms with Crippen molar-refractivity contribution in [2.45, 2.75) is 68.5 Å². The Kier molecular flexibility index (Phi) is 9.19. The Bertz CT molecular complexity index is 1480.